The van der Waals surface area contributed by atoms with E-state index in [1.165, 1.54) is 12.1 Å². The first-order valence-electron chi connectivity index (χ1n) is 6.42. The van der Waals surface area contributed by atoms with Crippen LogP contribution in [-0.2, 0) is 9.53 Å². The molecule has 6 nitrogen and oxygen atoms in total. The minimum atomic E-state index is -1.06. The number of ether oxygens (including phenoxy) is 1. The van der Waals surface area contributed by atoms with Gasteiger partial charge in [-0.25, -0.2) is 14.2 Å². The summed E-state index contributed by atoms with van der Waals surface area (Å²) in [6, 6.07) is 3.59. The fraction of sp³-hybridized carbons (Fsp3) is 0.0714. The lowest BCUT2D eigenvalue weighted by Gasteiger charge is -2.10. The van der Waals surface area contributed by atoms with Gasteiger partial charge in [0.05, 0.1) is 16.4 Å². The third-order valence-electron chi connectivity index (χ3n) is 2.80. The molecule has 0 bridgehead atoms. The number of halogens is 5. The minimum Gasteiger partial charge on any atom is -0.451 e. The van der Waals surface area contributed by atoms with Crippen molar-refractivity contribution in [3.8, 4) is 0 Å². The average Bonchev–Trinajstić information content (AvgIpc) is 2.57. The van der Waals surface area contributed by atoms with Crippen LogP contribution in [0.3, 0.4) is 0 Å². The summed E-state index contributed by atoms with van der Waals surface area (Å²) < 4.78 is 18.3. The minimum absolute atomic E-state index is 0.114. The Morgan fingerprint density at radius 3 is 2.56 bits per heavy atom. The molecule has 0 aliphatic heterocycles. The molecule has 0 aliphatic carbocycles. The Morgan fingerprint density at radius 2 is 1.88 bits per heavy atom. The van der Waals surface area contributed by atoms with Crippen molar-refractivity contribution in [2.24, 2.45) is 0 Å². The van der Waals surface area contributed by atoms with Crippen LogP contribution in [0.5, 0.6) is 0 Å². The van der Waals surface area contributed by atoms with E-state index in [-0.39, 0.29) is 31.6 Å². The quantitative estimate of drug-likeness (QED) is 0.564. The van der Waals surface area contributed by atoms with E-state index in [2.05, 4.69) is 10.3 Å². The molecule has 2 aromatic rings. The van der Waals surface area contributed by atoms with Crippen LogP contribution in [0.2, 0.25) is 20.2 Å². The van der Waals surface area contributed by atoms with Crippen LogP contribution >= 0.6 is 46.4 Å². The molecule has 0 spiro atoms. The van der Waals surface area contributed by atoms with Gasteiger partial charge >= 0.3 is 5.97 Å². The monoisotopic (exact) mass is 425 g/mol. The molecule has 25 heavy (non-hydrogen) atoms. The van der Waals surface area contributed by atoms with Crippen molar-refractivity contribution < 1.29 is 18.7 Å². The van der Waals surface area contributed by atoms with Crippen molar-refractivity contribution in [3.05, 3.63) is 49.9 Å². The van der Waals surface area contributed by atoms with Crippen molar-refractivity contribution in [2.75, 3.05) is 17.7 Å². The molecule has 3 N–H and O–H groups in total. The van der Waals surface area contributed by atoms with Crippen molar-refractivity contribution in [3.63, 3.8) is 0 Å². The molecule has 1 aromatic heterocycles. The van der Waals surface area contributed by atoms with Crippen LogP contribution in [0.4, 0.5) is 15.8 Å². The Morgan fingerprint density at radius 1 is 1.20 bits per heavy atom. The normalized spacial score (nSPS) is 10.4. The lowest BCUT2D eigenvalue weighted by molar-refractivity contribution is -0.119. The first-order valence-corrected chi connectivity index (χ1v) is 7.94. The van der Waals surface area contributed by atoms with Gasteiger partial charge in [0.15, 0.2) is 17.5 Å². The van der Waals surface area contributed by atoms with Gasteiger partial charge in [0, 0.05) is 5.02 Å². The van der Waals surface area contributed by atoms with E-state index in [1.807, 2.05) is 0 Å². The number of nitrogens with zero attached hydrogens (tertiary/aromatic N) is 1. The number of carbonyl (C=O) groups is 2. The van der Waals surface area contributed by atoms with Crippen LogP contribution in [0.1, 0.15) is 10.5 Å². The standard InChI is InChI=1S/C14H8Cl4FN3O3/c15-5-1-2-6(19)7(3-5)21-8(23)4-25-14(24)12-9(16)11(20)10(17)13(18)22-12/h1-3H,4H2,(H2,20,22)(H,21,23). The van der Waals surface area contributed by atoms with Gasteiger partial charge in [-0.1, -0.05) is 46.4 Å². The van der Waals surface area contributed by atoms with E-state index < -0.39 is 30.0 Å². The smallest absolute Gasteiger partial charge is 0.359 e. The van der Waals surface area contributed by atoms with E-state index >= 15 is 0 Å². The van der Waals surface area contributed by atoms with E-state index in [0.29, 0.717) is 0 Å². The van der Waals surface area contributed by atoms with Crippen molar-refractivity contribution in [1.29, 1.82) is 0 Å². The molecule has 2 rings (SSSR count). The molecule has 0 atom stereocenters. The zero-order valence-corrected chi connectivity index (χ0v) is 15.1. The van der Waals surface area contributed by atoms with Gasteiger partial charge in [0.2, 0.25) is 0 Å². The van der Waals surface area contributed by atoms with Crippen LogP contribution in [0.25, 0.3) is 0 Å². The van der Waals surface area contributed by atoms with Crippen molar-refractivity contribution in [1.82, 2.24) is 4.98 Å². The summed E-state index contributed by atoms with van der Waals surface area (Å²) in [5.74, 6) is -2.57. The highest BCUT2D eigenvalue weighted by molar-refractivity contribution is 6.46. The fourth-order valence-electron chi connectivity index (χ4n) is 1.65. The number of nitrogen functional groups attached to an aromatic ring is 1. The molecule has 11 heteroatoms. The Bertz CT molecular complexity index is 864. The second-order valence-electron chi connectivity index (χ2n) is 4.54. The molecule has 1 aromatic carbocycles. The molecular weight excluding hydrogens is 419 g/mol. The second kappa shape index (κ2) is 8.05. The molecule has 0 radical (unpaired) electrons. The molecule has 0 saturated heterocycles. The summed E-state index contributed by atoms with van der Waals surface area (Å²) in [7, 11) is 0. The predicted molar refractivity (Wildman–Crippen MR) is 94.0 cm³/mol. The van der Waals surface area contributed by atoms with E-state index in [0.717, 1.165) is 6.07 Å². The number of carbonyl (C=O) groups excluding carboxylic acids is 2. The number of pyridine rings is 1. The first kappa shape index (κ1) is 19.5. The number of aromatic nitrogens is 1. The third kappa shape index (κ3) is 4.64. The molecule has 1 heterocycles. The van der Waals surface area contributed by atoms with E-state index in [9.17, 15) is 14.0 Å². The first-order chi connectivity index (χ1) is 11.7. The van der Waals surface area contributed by atoms with Gasteiger partial charge in [-0.15, -0.1) is 0 Å². The summed E-state index contributed by atoms with van der Waals surface area (Å²) in [4.78, 5) is 27.4. The van der Waals surface area contributed by atoms with Gasteiger partial charge in [-0.2, -0.15) is 0 Å². The maximum atomic E-state index is 13.5. The highest BCUT2D eigenvalue weighted by atomic mass is 35.5. The second-order valence-corrected chi connectivity index (χ2v) is 6.09. The highest BCUT2D eigenvalue weighted by Crippen LogP contribution is 2.34. The lowest BCUT2D eigenvalue weighted by atomic mass is 10.3. The molecule has 0 unspecified atom stereocenters. The molecule has 1 amide bonds. The van der Waals surface area contributed by atoms with Gasteiger partial charge in [0.25, 0.3) is 5.91 Å². The van der Waals surface area contributed by atoms with Gasteiger partial charge in [-0.3, -0.25) is 4.79 Å². The zero-order valence-electron chi connectivity index (χ0n) is 12.1. The Kier molecular flexibility index (Phi) is 6.29. The molecule has 0 fully saturated rings. The number of hydrogen-bond acceptors (Lipinski definition) is 5. The fourth-order valence-corrected chi connectivity index (χ4v) is 2.40. The molecule has 0 saturated carbocycles. The molecule has 0 aliphatic rings. The number of nitrogens with one attached hydrogen (secondary N) is 1. The van der Waals surface area contributed by atoms with Crippen LogP contribution < -0.4 is 11.1 Å². The van der Waals surface area contributed by atoms with Gasteiger partial charge in [-0.05, 0) is 18.2 Å². The highest BCUT2D eigenvalue weighted by Gasteiger charge is 2.21. The lowest BCUT2D eigenvalue weighted by Crippen LogP contribution is -2.22. The number of amides is 1. The molecular formula is C14H8Cl4FN3O3. The topological polar surface area (TPSA) is 94.3 Å². The number of rotatable bonds is 4. The summed E-state index contributed by atoms with van der Waals surface area (Å²) in [6.07, 6.45) is 0. The summed E-state index contributed by atoms with van der Waals surface area (Å²) >= 11 is 23.0. The predicted octanol–water partition coefficient (Wildman–Crippen LogP) is 4.21. The molecule has 132 valence electrons. The maximum absolute atomic E-state index is 13.5. The number of benzene rings is 1. The van der Waals surface area contributed by atoms with Crippen molar-refractivity contribution in [2.45, 2.75) is 0 Å². The zero-order chi connectivity index (χ0) is 18.7. The Hall–Kier alpha value is -1.80. The Labute approximate surface area is 161 Å². The van der Waals surface area contributed by atoms with Crippen LogP contribution in [-0.4, -0.2) is 23.5 Å². The largest absolute Gasteiger partial charge is 0.451 e. The average molecular weight is 427 g/mol. The van der Waals surface area contributed by atoms with Crippen LogP contribution in [0.15, 0.2) is 18.2 Å². The number of anilines is 2. The number of hydrogen-bond donors (Lipinski definition) is 2. The van der Waals surface area contributed by atoms with E-state index in [4.69, 9.17) is 56.9 Å². The van der Waals surface area contributed by atoms with E-state index in [1.54, 1.807) is 0 Å². The SMILES string of the molecule is Nc1c(Cl)c(Cl)nc(C(=O)OCC(=O)Nc2cc(Cl)ccc2F)c1Cl. The van der Waals surface area contributed by atoms with Crippen LogP contribution in [0, 0.1) is 5.82 Å². The van der Waals surface area contributed by atoms with Gasteiger partial charge < -0.3 is 15.8 Å². The Balaban J connectivity index is 2.05. The summed E-state index contributed by atoms with van der Waals surface area (Å²) in [5, 5.41) is 1.80. The maximum Gasteiger partial charge on any atom is 0.359 e. The summed E-state index contributed by atoms with van der Waals surface area (Å²) in [6.45, 7) is -0.733. The third-order valence-corrected chi connectivity index (χ3v) is 4.17. The number of esters is 1. The summed E-state index contributed by atoms with van der Waals surface area (Å²) in [5.41, 5.74) is 4.86. The van der Waals surface area contributed by atoms with Gasteiger partial charge in [0.1, 0.15) is 10.8 Å². The van der Waals surface area contributed by atoms with Crippen molar-refractivity contribution >= 4 is 69.7 Å². The number of nitrogens with two attached hydrogens (primary N) is 1.